The van der Waals surface area contributed by atoms with Crippen molar-refractivity contribution in [1.29, 1.82) is 5.26 Å². The van der Waals surface area contributed by atoms with Crippen molar-refractivity contribution in [2.24, 2.45) is 5.92 Å². The van der Waals surface area contributed by atoms with Gasteiger partial charge >= 0.3 is 0 Å². The molecular formula is C9H13N5. The molecule has 5 heteroatoms. The lowest BCUT2D eigenvalue weighted by molar-refractivity contribution is 0.304. The number of hydrogen-bond acceptors (Lipinski definition) is 4. The summed E-state index contributed by atoms with van der Waals surface area (Å²) in [6.07, 6.45) is 6.43. The zero-order valence-corrected chi connectivity index (χ0v) is 8.06. The van der Waals surface area contributed by atoms with E-state index in [0.717, 1.165) is 6.54 Å². The zero-order valence-electron chi connectivity index (χ0n) is 8.06. The first-order chi connectivity index (χ1) is 6.90. The van der Waals surface area contributed by atoms with Gasteiger partial charge in [-0.1, -0.05) is 24.4 Å². The summed E-state index contributed by atoms with van der Waals surface area (Å²) in [6, 6.07) is 1.99. The molecule has 1 aromatic rings. The Morgan fingerprint density at radius 3 is 2.86 bits per heavy atom. The molecule has 1 heterocycles. The van der Waals surface area contributed by atoms with E-state index in [2.05, 4.69) is 15.5 Å². The van der Waals surface area contributed by atoms with Crippen LogP contribution in [-0.2, 0) is 6.54 Å². The highest BCUT2D eigenvalue weighted by molar-refractivity contribution is 5.05. The minimum Gasteiger partial charge on any atom is -0.217 e. The van der Waals surface area contributed by atoms with Crippen LogP contribution in [0.1, 0.15) is 37.9 Å². The van der Waals surface area contributed by atoms with Gasteiger partial charge in [0.1, 0.15) is 6.07 Å². The molecule has 0 atom stereocenters. The maximum Gasteiger partial charge on any atom is 0.253 e. The van der Waals surface area contributed by atoms with Gasteiger partial charge in [-0.15, -0.1) is 0 Å². The summed E-state index contributed by atoms with van der Waals surface area (Å²) in [7, 11) is 0. The molecule has 0 saturated heterocycles. The number of hydrogen-bond donors (Lipinski definition) is 0. The molecule has 5 nitrogen and oxygen atoms in total. The van der Waals surface area contributed by atoms with Crippen molar-refractivity contribution in [1.82, 2.24) is 20.2 Å². The third-order valence-corrected chi connectivity index (χ3v) is 2.79. The average molecular weight is 191 g/mol. The van der Waals surface area contributed by atoms with Gasteiger partial charge in [0, 0.05) is 6.54 Å². The van der Waals surface area contributed by atoms with Gasteiger partial charge < -0.3 is 0 Å². The van der Waals surface area contributed by atoms with Crippen LogP contribution in [0.15, 0.2) is 0 Å². The largest absolute Gasteiger partial charge is 0.253 e. The second-order valence-corrected chi connectivity index (χ2v) is 3.80. The van der Waals surface area contributed by atoms with Crippen LogP contribution in [0, 0.1) is 17.2 Å². The molecule has 1 aliphatic carbocycles. The maximum absolute atomic E-state index is 8.72. The number of aromatic nitrogens is 4. The van der Waals surface area contributed by atoms with Gasteiger partial charge in [0.15, 0.2) is 0 Å². The molecule has 0 unspecified atom stereocenters. The molecule has 1 aliphatic rings. The molecule has 1 fully saturated rings. The van der Waals surface area contributed by atoms with Crippen molar-refractivity contribution < 1.29 is 0 Å². The van der Waals surface area contributed by atoms with Gasteiger partial charge in [0.2, 0.25) is 0 Å². The molecule has 0 bridgehead atoms. The van der Waals surface area contributed by atoms with E-state index >= 15 is 0 Å². The van der Waals surface area contributed by atoms with Crippen LogP contribution in [0.25, 0.3) is 0 Å². The Bertz CT molecular complexity index is 331. The summed E-state index contributed by atoms with van der Waals surface area (Å²) < 4.78 is 1.62. The van der Waals surface area contributed by atoms with Crippen LogP contribution in [0.3, 0.4) is 0 Å². The van der Waals surface area contributed by atoms with Crippen molar-refractivity contribution in [3.63, 3.8) is 0 Å². The van der Waals surface area contributed by atoms with E-state index in [-0.39, 0.29) is 0 Å². The Labute approximate surface area is 82.7 Å². The van der Waals surface area contributed by atoms with E-state index in [9.17, 15) is 0 Å². The minimum atomic E-state index is 0.329. The van der Waals surface area contributed by atoms with Crippen molar-refractivity contribution >= 4 is 0 Å². The Morgan fingerprint density at radius 1 is 1.36 bits per heavy atom. The van der Waals surface area contributed by atoms with E-state index in [4.69, 9.17) is 5.26 Å². The summed E-state index contributed by atoms with van der Waals surface area (Å²) in [5, 5.41) is 19.7. The normalized spacial score (nSPS) is 17.9. The lowest BCUT2D eigenvalue weighted by Crippen LogP contribution is -2.16. The number of tetrazole rings is 1. The summed E-state index contributed by atoms with van der Waals surface area (Å²) >= 11 is 0. The molecule has 0 radical (unpaired) electrons. The second kappa shape index (κ2) is 4.18. The molecule has 0 N–H and O–H groups in total. The smallest absolute Gasteiger partial charge is 0.217 e. The average Bonchev–Trinajstić information content (AvgIpc) is 2.67. The fraction of sp³-hybridized carbons (Fsp3) is 0.778. The topological polar surface area (TPSA) is 67.4 Å². The number of nitrogens with zero attached hydrogens (tertiary/aromatic N) is 5. The van der Waals surface area contributed by atoms with E-state index in [0.29, 0.717) is 11.7 Å². The quantitative estimate of drug-likeness (QED) is 0.702. The molecule has 1 aromatic heterocycles. The Morgan fingerprint density at radius 2 is 2.14 bits per heavy atom. The minimum absolute atomic E-state index is 0.329. The highest BCUT2D eigenvalue weighted by Crippen LogP contribution is 2.24. The van der Waals surface area contributed by atoms with Crippen LogP contribution >= 0.6 is 0 Å². The Hall–Kier alpha value is -1.44. The molecule has 0 amide bonds. The molecule has 2 rings (SSSR count). The Kier molecular flexibility index (Phi) is 2.73. The third-order valence-electron chi connectivity index (χ3n) is 2.79. The maximum atomic E-state index is 8.72. The van der Waals surface area contributed by atoms with E-state index in [1.54, 1.807) is 4.68 Å². The molecule has 0 spiro atoms. The predicted molar refractivity (Wildman–Crippen MR) is 49.1 cm³/mol. The van der Waals surface area contributed by atoms with E-state index in [1.165, 1.54) is 32.1 Å². The summed E-state index contributed by atoms with van der Waals surface area (Å²) in [5.74, 6) is 0.981. The van der Waals surface area contributed by atoms with Crippen molar-refractivity contribution in [3.05, 3.63) is 5.82 Å². The first kappa shape index (κ1) is 9.13. The van der Waals surface area contributed by atoms with Crippen LogP contribution in [0.5, 0.6) is 0 Å². The monoisotopic (exact) mass is 191 g/mol. The highest BCUT2D eigenvalue weighted by atomic mass is 15.5. The standard InChI is InChI=1S/C9H13N5/c10-6-9-11-12-13-14(9)7-8-4-2-1-3-5-8/h8H,1-5,7H2. The van der Waals surface area contributed by atoms with Gasteiger partial charge in [-0.3, -0.25) is 0 Å². The van der Waals surface area contributed by atoms with Crippen LogP contribution in [0.2, 0.25) is 0 Å². The molecule has 0 aliphatic heterocycles. The van der Waals surface area contributed by atoms with Crippen LogP contribution in [0.4, 0.5) is 0 Å². The summed E-state index contributed by atoms with van der Waals surface area (Å²) in [6.45, 7) is 0.801. The third kappa shape index (κ3) is 1.90. The van der Waals surface area contributed by atoms with Gasteiger partial charge in [0.05, 0.1) is 0 Å². The SMILES string of the molecule is N#Cc1nnnn1CC1CCCCC1. The first-order valence-electron chi connectivity index (χ1n) is 5.06. The zero-order chi connectivity index (χ0) is 9.80. The van der Waals surface area contributed by atoms with Crippen molar-refractivity contribution in [2.45, 2.75) is 38.6 Å². The van der Waals surface area contributed by atoms with Crippen LogP contribution < -0.4 is 0 Å². The number of rotatable bonds is 2. The van der Waals surface area contributed by atoms with E-state index in [1.807, 2.05) is 6.07 Å². The molecule has 1 saturated carbocycles. The molecule has 14 heavy (non-hydrogen) atoms. The summed E-state index contributed by atoms with van der Waals surface area (Å²) in [5.41, 5.74) is 0. The first-order valence-corrected chi connectivity index (χ1v) is 5.06. The fourth-order valence-electron chi connectivity index (χ4n) is 2.02. The lowest BCUT2D eigenvalue weighted by atomic mass is 9.89. The second-order valence-electron chi connectivity index (χ2n) is 3.80. The molecular weight excluding hydrogens is 178 g/mol. The van der Waals surface area contributed by atoms with Crippen molar-refractivity contribution in [2.75, 3.05) is 0 Å². The fourth-order valence-corrected chi connectivity index (χ4v) is 2.02. The van der Waals surface area contributed by atoms with E-state index < -0.39 is 0 Å². The lowest BCUT2D eigenvalue weighted by Gasteiger charge is -2.20. The summed E-state index contributed by atoms with van der Waals surface area (Å²) in [4.78, 5) is 0. The van der Waals surface area contributed by atoms with Gasteiger partial charge in [-0.05, 0) is 29.2 Å². The number of nitriles is 1. The Balaban J connectivity index is 1.99. The van der Waals surface area contributed by atoms with Gasteiger partial charge in [0.25, 0.3) is 5.82 Å². The highest BCUT2D eigenvalue weighted by Gasteiger charge is 2.16. The molecule has 0 aromatic carbocycles. The van der Waals surface area contributed by atoms with Gasteiger partial charge in [-0.2, -0.15) is 5.26 Å². The van der Waals surface area contributed by atoms with Gasteiger partial charge in [-0.25, -0.2) is 4.68 Å². The molecule has 74 valence electrons. The van der Waals surface area contributed by atoms with Crippen molar-refractivity contribution in [3.8, 4) is 6.07 Å². The predicted octanol–water partition coefficient (Wildman–Crippen LogP) is 1.13. The van der Waals surface area contributed by atoms with Crippen LogP contribution in [-0.4, -0.2) is 20.2 Å².